The van der Waals surface area contributed by atoms with Gasteiger partial charge in [-0.1, -0.05) is 13.8 Å². The lowest BCUT2D eigenvalue weighted by atomic mass is 10.1. The van der Waals surface area contributed by atoms with Crippen molar-refractivity contribution in [3.63, 3.8) is 0 Å². The van der Waals surface area contributed by atoms with Crippen LogP contribution in [0.2, 0.25) is 0 Å². The number of carbonyl (C=O) groups is 1. The van der Waals surface area contributed by atoms with Crippen LogP contribution in [0.25, 0.3) is 0 Å². The second-order valence-electron chi connectivity index (χ2n) is 5.70. The van der Waals surface area contributed by atoms with Gasteiger partial charge in [-0.15, -0.1) is 0 Å². The molecule has 5 heteroatoms. The number of nitrogens with one attached hydrogen (secondary N) is 1. The molecule has 1 aliphatic rings. The topological polar surface area (TPSA) is 65.5 Å². The van der Waals surface area contributed by atoms with Crippen LogP contribution in [0.5, 0.6) is 0 Å². The summed E-state index contributed by atoms with van der Waals surface area (Å²) < 4.78 is 0. The van der Waals surface area contributed by atoms with Crippen LogP contribution in [-0.4, -0.2) is 40.2 Å². The minimum absolute atomic E-state index is 0.279. The van der Waals surface area contributed by atoms with Crippen LogP contribution in [0.4, 0.5) is 4.79 Å². The molecule has 1 unspecified atom stereocenters. The lowest BCUT2D eigenvalue weighted by molar-refractivity contribution is 0.194. The zero-order valence-electron chi connectivity index (χ0n) is 12.9. The van der Waals surface area contributed by atoms with Gasteiger partial charge in [-0.3, -0.25) is 9.88 Å². The van der Waals surface area contributed by atoms with E-state index in [1.165, 1.54) is 24.0 Å². The first-order valence-corrected chi connectivity index (χ1v) is 7.81. The molecule has 5 nitrogen and oxygen atoms in total. The first-order valence-electron chi connectivity index (χ1n) is 7.81. The van der Waals surface area contributed by atoms with Gasteiger partial charge in [-0.2, -0.15) is 0 Å². The number of hydrogen-bond donors (Lipinski definition) is 2. The molecule has 1 aromatic heterocycles. The van der Waals surface area contributed by atoms with E-state index in [0.29, 0.717) is 6.04 Å². The molecule has 1 aromatic rings. The molecule has 0 spiro atoms. The van der Waals surface area contributed by atoms with E-state index in [2.05, 4.69) is 35.1 Å². The van der Waals surface area contributed by atoms with E-state index in [9.17, 15) is 4.79 Å². The van der Waals surface area contributed by atoms with E-state index in [-0.39, 0.29) is 6.54 Å². The van der Waals surface area contributed by atoms with Gasteiger partial charge in [0.05, 0.1) is 12.2 Å². The maximum absolute atomic E-state index is 10.5. The van der Waals surface area contributed by atoms with Crippen LogP contribution in [0.1, 0.15) is 43.5 Å². The zero-order chi connectivity index (χ0) is 15.2. The Hall–Kier alpha value is -1.62. The molecule has 1 atom stereocenters. The van der Waals surface area contributed by atoms with Crippen molar-refractivity contribution >= 4 is 6.09 Å². The van der Waals surface area contributed by atoms with Crippen LogP contribution in [0.15, 0.2) is 12.3 Å². The van der Waals surface area contributed by atoms with Crippen molar-refractivity contribution in [3.8, 4) is 0 Å². The van der Waals surface area contributed by atoms with Crippen LogP contribution < -0.4 is 5.32 Å². The van der Waals surface area contributed by atoms with Crippen molar-refractivity contribution in [2.45, 2.75) is 52.1 Å². The summed E-state index contributed by atoms with van der Waals surface area (Å²) >= 11 is 0. The number of carboxylic acid groups (broad SMARTS) is 1. The van der Waals surface area contributed by atoms with Crippen molar-refractivity contribution in [1.29, 1.82) is 0 Å². The fourth-order valence-corrected chi connectivity index (χ4v) is 3.10. The highest BCUT2D eigenvalue weighted by Crippen LogP contribution is 2.26. The summed E-state index contributed by atoms with van der Waals surface area (Å²) in [5.74, 6) is 0. The molecule has 21 heavy (non-hydrogen) atoms. The fraction of sp³-hybridized carbons (Fsp3) is 0.625. The van der Waals surface area contributed by atoms with E-state index >= 15 is 0 Å². The standard InChI is InChI=1S/C16H25N3O2/c1-3-5-19(6-4-2)15-8-12-7-14(11-18-16(20)21)17-10-13(12)9-15/h7,10,15,18H,3-6,8-9,11H2,1-2H3,(H,20,21). The largest absolute Gasteiger partial charge is 0.465 e. The summed E-state index contributed by atoms with van der Waals surface area (Å²) in [5, 5.41) is 11.0. The molecular weight excluding hydrogens is 266 g/mol. The van der Waals surface area contributed by atoms with Gasteiger partial charge < -0.3 is 10.4 Å². The number of amides is 1. The summed E-state index contributed by atoms with van der Waals surface area (Å²) in [5.41, 5.74) is 3.44. The van der Waals surface area contributed by atoms with Crippen LogP contribution >= 0.6 is 0 Å². The molecule has 2 rings (SSSR count). The summed E-state index contributed by atoms with van der Waals surface area (Å²) in [6.45, 7) is 7.02. The average Bonchev–Trinajstić information content (AvgIpc) is 2.87. The van der Waals surface area contributed by atoms with Gasteiger partial charge in [0.1, 0.15) is 0 Å². The molecule has 1 heterocycles. The second-order valence-corrected chi connectivity index (χ2v) is 5.70. The van der Waals surface area contributed by atoms with Gasteiger partial charge in [0.25, 0.3) is 0 Å². The number of pyridine rings is 1. The summed E-state index contributed by atoms with van der Waals surface area (Å²) in [7, 11) is 0. The van der Waals surface area contributed by atoms with Crippen molar-refractivity contribution in [3.05, 3.63) is 29.1 Å². The van der Waals surface area contributed by atoms with Crippen molar-refractivity contribution in [2.24, 2.45) is 0 Å². The molecule has 0 bridgehead atoms. The van der Waals surface area contributed by atoms with Crippen LogP contribution in [0, 0.1) is 0 Å². The van der Waals surface area contributed by atoms with Gasteiger partial charge in [0.2, 0.25) is 0 Å². The zero-order valence-corrected chi connectivity index (χ0v) is 12.9. The summed E-state index contributed by atoms with van der Waals surface area (Å²) in [6, 6.07) is 2.63. The Bertz CT molecular complexity index is 484. The van der Waals surface area contributed by atoms with E-state index < -0.39 is 6.09 Å². The Morgan fingerprint density at radius 1 is 1.33 bits per heavy atom. The number of hydrogen-bond acceptors (Lipinski definition) is 3. The highest BCUT2D eigenvalue weighted by Gasteiger charge is 2.26. The summed E-state index contributed by atoms with van der Waals surface area (Å²) in [4.78, 5) is 17.5. The lowest BCUT2D eigenvalue weighted by Crippen LogP contribution is -2.37. The molecule has 0 aromatic carbocycles. The van der Waals surface area contributed by atoms with Gasteiger partial charge in [-0.25, -0.2) is 4.79 Å². The summed E-state index contributed by atoms with van der Waals surface area (Å²) in [6.07, 6.45) is 5.39. The molecule has 1 amide bonds. The molecule has 0 radical (unpaired) electrons. The molecule has 0 aliphatic heterocycles. The Labute approximate surface area is 126 Å². The number of aromatic nitrogens is 1. The monoisotopic (exact) mass is 291 g/mol. The quantitative estimate of drug-likeness (QED) is 0.810. The SMILES string of the molecule is CCCN(CCC)C1Cc2cnc(CNC(=O)O)cc2C1. The molecule has 0 saturated carbocycles. The van der Waals surface area contributed by atoms with Crippen molar-refractivity contribution in [2.75, 3.05) is 13.1 Å². The molecule has 0 saturated heterocycles. The minimum atomic E-state index is -1.01. The fourth-order valence-electron chi connectivity index (χ4n) is 3.10. The minimum Gasteiger partial charge on any atom is -0.465 e. The smallest absolute Gasteiger partial charge is 0.404 e. The van der Waals surface area contributed by atoms with Crippen molar-refractivity contribution in [1.82, 2.24) is 15.2 Å². The third kappa shape index (κ3) is 4.17. The number of fused-ring (bicyclic) bond motifs is 1. The Kier molecular flexibility index (Phi) is 5.56. The predicted octanol–water partition coefficient (Wildman–Crippen LogP) is 2.44. The van der Waals surface area contributed by atoms with Gasteiger partial charge in [0, 0.05) is 12.2 Å². The van der Waals surface area contributed by atoms with Crippen LogP contribution in [0.3, 0.4) is 0 Å². The highest BCUT2D eigenvalue weighted by atomic mass is 16.4. The van der Waals surface area contributed by atoms with E-state index in [1.807, 2.05) is 6.20 Å². The van der Waals surface area contributed by atoms with Crippen molar-refractivity contribution < 1.29 is 9.90 Å². The Balaban J connectivity index is 2.02. The van der Waals surface area contributed by atoms with Gasteiger partial charge in [-0.05, 0) is 56.0 Å². The second kappa shape index (κ2) is 7.41. The molecule has 116 valence electrons. The normalized spacial score (nSPS) is 17.0. The molecule has 0 fully saturated rings. The maximum atomic E-state index is 10.5. The van der Waals surface area contributed by atoms with E-state index in [1.54, 1.807) is 0 Å². The van der Waals surface area contributed by atoms with Gasteiger partial charge in [0.15, 0.2) is 0 Å². The number of rotatable bonds is 7. The number of nitrogens with zero attached hydrogens (tertiary/aromatic N) is 2. The Morgan fingerprint density at radius 2 is 2.00 bits per heavy atom. The third-order valence-electron chi connectivity index (χ3n) is 4.01. The van der Waals surface area contributed by atoms with E-state index in [4.69, 9.17) is 5.11 Å². The molecule has 2 N–H and O–H groups in total. The molecular formula is C16H25N3O2. The lowest BCUT2D eigenvalue weighted by Gasteiger charge is -2.27. The first-order chi connectivity index (χ1) is 10.1. The maximum Gasteiger partial charge on any atom is 0.404 e. The highest BCUT2D eigenvalue weighted by molar-refractivity contribution is 5.64. The Morgan fingerprint density at radius 3 is 2.62 bits per heavy atom. The average molecular weight is 291 g/mol. The van der Waals surface area contributed by atoms with Crippen LogP contribution in [-0.2, 0) is 19.4 Å². The molecule has 1 aliphatic carbocycles. The van der Waals surface area contributed by atoms with Gasteiger partial charge >= 0.3 is 6.09 Å². The predicted molar refractivity (Wildman–Crippen MR) is 82.5 cm³/mol. The van der Waals surface area contributed by atoms with E-state index in [0.717, 1.165) is 31.6 Å². The first kappa shape index (κ1) is 15.8. The third-order valence-corrected chi connectivity index (χ3v) is 4.01.